The first kappa shape index (κ1) is 11.3. The molecule has 0 aliphatic carbocycles. The molecule has 1 N–H and O–H groups in total. The lowest BCUT2D eigenvalue weighted by Gasteiger charge is -2.10. The highest BCUT2D eigenvalue weighted by molar-refractivity contribution is 6.17. The molecule has 0 spiro atoms. The second-order valence-electron chi connectivity index (χ2n) is 2.56. The van der Waals surface area contributed by atoms with Crippen molar-refractivity contribution < 1.29 is 18.3 Å². The fourth-order valence-corrected chi connectivity index (χ4v) is 1.37. The molecule has 1 aromatic heterocycles. The van der Waals surface area contributed by atoms with Crippen LogP contribution >= 0.6 is 11.6 Å². The fraction of sp³-hybridized carbons (Fsp3) is 0.375. The molecule has 0 saturated heterocycles. The zero-order valence-electron chi connectivity index (χ0n) is 6.98. The van der Waals surface area contributed by atoms with E-state index in [0.29, 0.717) is 0 Å². The normalized spacial score (nSPS) is 11.0. The van der Waals surface area contributed by atoms with E-state index in [-0.39, 0.29) is 11.1 Å². The van der Waals surface area contributed by atoms with Gasteiger partial charge in [-0.25, -0.2) is 13.8 Å². The molecule has 1 heterocycles. The largest absolute Gasteiger partial charge is 0.392 e. The molecule has 78 valence electrons. The van der Waals surface area contributed by atoms with Gasteiger partial charge < -0.3 is 5.11 Å². The van der Waals surface area contributed by atoms with Crippen LogP contribution in [-0.4, -0.2) is 10.1 Å². The van der Waals surface area contributed by atoms with Crippen LogP contribution in [-0.2, 0) is 12.5 Å². The van der Waals surface area contributed by atoms with Gasteiger partial charge in [-0.1, -0.05) is 0 Å². The highest BCUT2D eigenvalue weighted by Crippen LogP contribution is 2.28. The van der Waals surface area contributed by atoms with E-state index in [1.165, 1.54) is 0 Å². The monoisotopic (exact) mass is 225 g/mol. The lowest BCUT2D eigenvalue weighted by molar-refractivity contribution is 0.145. The molecule has 1 rings (SSSR count). The van der Waals surface area contributed by atoms with Crippen LogP contribution in [0.3, 0.4) is 0 Å². The standard InChI is InChI=1S/C8H7ClF3NO/c9-1-5-6(7(10)11)4(3-14)2-13-8(5)12/h2,7,14H,1,3H2. The summed E-state index contributed by atoms with van der Waals surface area (Å²) in [5.41, 5.74) is -1.01. The van der Waals surface area contributed by atoms with Gasteiger partial charge >= 0.3 is 0 Å². The average Bonchev–Trinajstić information content (AvgIpc) is 2.17. The summed E-state index contributed by atoms with van der Waals surface area (Å²) in [7, 11) is 0. The van der Waals surface area contributed by atoms with Crippen LogP contribution in [0, 0.1) is 5.95 Å². The van der Waals surface area contributed by atoms with Crippen LogP contribution < -0.4 is 0 Å². The lowest BCUT2D eigenvalue weighted by atomic mass is 10.1. The van der Waals surface area contributed by atoms with Crippen molar-refractivity contribution in [1.29, 1.82) is 0 Å². The van der Waals surface area contributed by atoms with E-state index in [1.54, 1.807) is 0 Å². The summed E-state index contributed by atoms with van der Waals surface area (Å²) < 4.78 is 37.9. The third-order valence-corrected chi connectivity index (χ3v) is 2.04. The Morgan fingerprint density at radius 1 is 1.50 bits per heavy atom. The van der Waals surface area contributed by atoms with E-state index in [4.69, 9.17) is 16.7 Å². The highest BCUT2D eigenvalue weighted by atomic mass is 35.5. The first-order chi connectivity index (χ1) is 6.61. The molecule has 6 heteroatoms. The molecule has 0 amide bonds. The minimum absolute atomic E-state index is 0.1000. The van der Waals surface area contributed by atoms with Gasteiger partial charge in [0, 0.05) is 22.9 Å². The Hall–Kier alpha value is -0.810. The lowest BCUT2D eigenvalue weighted by Crippen LogP contribution is -2.05. The fourth-order valence-electron chi connectivity index (χ4n) is 1.11. The van der Waals surface area contributed by atoms with Gasteiger partial charge in [0.15, 0.2) is 0 Å². The Morgan fingerprint density at radius 3 is 2.57 bits per heavy atom. The van der Waals surface area contributed by atoms with Gasteiger partial charge in [-0.3, -0.25) is 0 Å². The smallest absolute Gasteiger partial charge is 0.264 e. The van der Waals surface area contributed by atoms with Crippen LogP contribution in [0.15, 0.2) is 6.20 Å². The molecular formula is C8H7ClF3NO. The molecule has 1 aromatic rings. The van der Waals surface area contributed by atoms with Crippen LogP contribution in [0.1, 0.15) is 23.1 Å². The molecule has 0 fully saturated rings. The van der Waals surface area contributed by atoms with Crippen LogP contribution in [0.2, 0.25) is 0 Å². The van der Waals surface area contributed by atoms with E-state index in [1.807, 2.05) is 0 Å². The van der Waals surface area contributed by atoms with Crippen molar-refractivity contribution in [1.82, 2.24) is 4.98 Å². The van der Waals surface area contributed by atoms with Crippen molar-refractivity contribution in [2.24, 2.45) is 0 Å². The molecule has 0 saturated carbocycles. The summed E-state index contributed by atoms with van der Waals surface area (Å²) in [6, 6.07) is 0. The summed E-state index contributed by atoms with van der Waals surface area (Å²) >= 11 is 5.32. The van der Waals surface area contributed by atoms with Crippen LogP contribution in [0.25, 0.3) is 0 Å². The molecule has 0 aromatic carbocycles. The number of hydrogen-bond donors (Lipinski definition) is 1. The zero-order valence-corrected chi connectivity index (χ0v) is 7.73. The number of halogens is 4. The van der Waals surface area contributed by atoms with E-state index >= 15 is 0 Å². The molecule has 0 aliphatic heterocycles. The van der Waals surface area contributed by atoms with Gasteiger partial charge in [-0.15, -0.1) is 11.6 Å². The summed E-state index contributed by atoms with van der Waals surface area (Å²) in [5.74, 6) is -1.42. The van der Waals surface area contributed by atoms with Crippen molar-refractivity contribution in [2.75, 3.05) is 0 Å². The number of aliphatic hydroxyl groups is 1. The van der Waals surface area contributed by atoms with Gasteiger partial charge in [0.1, 0.15) is 0 Å². The molecule has 14 heavy (non-hydrogen) atoms. The van der Waals surface area contributed by atoms with Crippen molar-refractivity contribution in [3.05, 3.63) is 28.8 Å². The Kier molecular flexibility index (Phi) is 3.71. The summed E-state index contributed by atoms with van der Waals surface area (Å²) in [6.45, 7) is -0.614. The molecular weight excluding hydrogens is 219 g/mol. The topological polar surface area (TPSA) is 33.1 Å². The average molecular weight is 226 g/mol. The number of rotatable bonds is 3. The van der Waals surface area contributed by atoms with E-state index in [2.05, 4.69) is 4.98 Å². The Balaban J connectivity index is 3.36. The van der Waals surface area contributed by atoms with Crippen molar-refractivity contribution >= 4 is 11.6 Å². The minimum Gasteiger partial charge on any atom is -0.392 e. The van der Waals surface area contributed by atoms with Gasteiger partial charge in [0.25, 0.3) is 6.43 Å². The van der Waals surface area contributed by atoms with Gasteiger partial charge in [-0.2, -0.15) is 4.39 Å². The first-order valence-electron chi connectivity index (χ1n) is 3.73. The maximum absolute atomic E-state index is 12.9. The number of hydrogen-bond acceptors (Lipinski definition) is 2. The molecule has 0 bridgehead atoms. The Labute approximate surface area is 83.3 Å². The second-order valence-corrected chi connectivity index (χ2v) is 2.83. The quantitative estimate of drug-likeness (QED) is 0.633. The third kappa shape index (κ3) is 1.99. The van der Waals surface area contributed by atoms with Gasteiger partial charge in [0.05, 0.1) is 12.5 Å². The van der Waals surface area contributed by atoms with Crippen molar-refractivity contribution in [2.45, 2.75) is 18.9 Å². The molecule has 0 unspecified atom stereocenters. The van der Waals surface area contributed by atoms with E-state index in [0.717, 1.165) is 6.20 Å². The number of pyridine rings is 1. The molecule has 0 aliphatic rings. The molecule has 2 nitrogen and oxygen atoms in total. The number of nitrogens with zero attached hydrogens (tertiary/aromatic N) is 1. The number of aromatic nitrogens is 1. The van der Waals surface area contributed by atoms with Crippen LogP contribution in [0.4, 0.5) is 13.2 Å². The van der Waals surface area contributed by atoms with E-state index in [9.17, 15) is 13.2 Å². The zero-order chi connectivity index (χ0) is 10.7. The highest BCUT2D eigenvalue weighted by Gasteiger charge is 2.20. The van der Waals surface area contributed by atoms with E-state index < -0.39 is 30.4 Å². The summed E-state index contributed by atoms with van der Waals surface area (Å²) in [4.78, 5) is 3.22. The molecule has 0 atom stereocenters. The summed E-state index contributed by atoms with van der Waals surface area (Å²) in [5, 5.41) is 8.74. The number of aliphatic hydroxyl groups excluding tert-OH is 1. The Bertz CT molecular complexity index is 333. The predicted molar refractivity (Wildman–Crippen MR) is 44.6 cm³/mol. The van der Waals surface area contributed by atoms with Crippen molar-refractivity contribution in [3.63, 3.8) is 0 Å². The third-order valence-electron chi connectivity index (χ3n) is 1.78. The van der Waals surface area contributed by atoms with Gasteiger partial charge in [0.2, 0.25) is 5.95 Å². The number of alkyl halides is 3. The predicted octanol–water partition coefficient (Wildman–Crippen LogP) is 2.39. The first-order valence-corrected chi connectivity index (χ1v) is 4.26. The summed E-state index contributed by atoms with van der Waals surface area (Å²) in [6.07, 6.45) is -1.99. The minimum atomic E-state index is -2.87. The maximum atomic E-state index is 12.9. The molecule has 0 radical (unpaired) electrons. The van der Waals surface area contributed by atoms with Crippen LogP contribution in [0.5, 0.6) is 0 Å². The second kappa shape index (κ2) is 4.61. The SMILES string of the molecule is OCc1cnc(F)c(CCl)c1C(F)F. The maximum Gasteiger partial charge on any atom is 0.264 e. The Morgan fingerprint density at radius 2 is 2.14 bits per heavy atom. The van der Waals surface area contributed by atoms with Crippen molar-refractivity contribution in [3.8, 4) is 0 Å². The van der Waals surface area contributed by atoms with Gasteiger partial charge in [-0.05, 0) is 0 Å².